The molecule has 2 aromatic rings. The molecule has 2 N–H and O–H groups in total. The van der Waals surface area contributed by atoms with Gasteiger partial charge in [0.2, 0.25) is 0 Å². The van der Waals surface area contributed by atoms with E-state index in [0.717, 1.165) is 16.3 Å². The monoisotopic (exact) mass is 391 g/mol. The van der Waals surface area contributed by atoms with Crippen LogP contribution in [0.4, 0.5) is 5.69 Å². The molecule has 1 aromatic heterocycles. The van der Waals surface area contributed by atoms with Gasteiger partial charge in [0.1, 0.15) is 6.79 Å². The van der Waals surface area contributed by atoms with E-state index < -0.39 is 0 Å². The molecule has 1 saturated heterocycles. The Morgan fingerprint density at radius 3 is 2.48 bits per heavy atom. The Kier molecular flexibility index (Phi) is 8.04. The molecule has 1 fully saturated rings. The Hall–Kier alpha value is -0.586. The second-order valence-corrected chi connectivity index (χ2v) is 5.53. The van der Waals surface area contributed by atoms with Crippen LogP contribution in [0, 0.1) is 5.92 Å². The number of fused-ring (bicyclic) bond motifs is 1. The van der Waals surface area contributed by atoms with Crippen molar-refractivity contribution in [2.75, 3.05) is 13.4 Å². The first kappa shape index (κ1) is 20.5. The van der Waals surface area contributed by atoms with Crippen LogP contribution in [-0.2, 0) is 48.6 Å². The van der Waals surface area contributed by atoms with Gasteiger partial charge in [-0.25, -0.2) is 0 Å². The number of hydrogen-bond acceptors (Lipinski definition) is 4. The van der Waals surface area contributed by atoms with Crippen LogP contribution < -0.4 is 0 Å². The van der Waals surface area contributed by atoms with E-state index in [9.17, 15) is 0 Å². The molecule has 1 aliphatic rings. The quantitative estimate of drug-likeness (QED) is 0.809. The predicted molar refractivity (Wildman–Crippen MR) is 86.5 cm³/mol. The first-order valence-corrected chi connectivity index (χ1v) is 7.24. The van der Waals surface area contributed by atoms with E-state index in [1.165, 1.54) is 5.92 Å². The smallest absolute Gasteiger partial charge is 0.147 e. The molecule has 0 atom stereocenters. The molecule has 3 rings (SSSR count). The van der Waals surface area contributed by atoms with E-state index >= 15 is 0 Å². The fourth-order valence-electron chi connectivity index (χ4n) is 2.14. The van der Waals surface area contributed by atoms with Crippen LogP contribution in [0.1, 0.15) is 26.3 Å². The van der Waals surface area contributed by atoms with E-state index in [2.05, 4.69) is 4.98 Å². The van der Waals surface area contributed by atoms with Crippen LogP contribution in [0.2, 0.25) is 0 Å². The normalized spacial score (nSPS) is 15.3. The van der Waals surface area contributed by atoms with Gasteiger partial charge in [0.25, 0.3) is 0 Å². The van der Waals surface area contributed by atoms with Crippen LogP contribution in [0.15, 0.2) is 30.6 Å². The molecule has 1 radical (unpaired) electrons. The molecule has 123 valence electrons. The van der Waals surface area contributed by atoms with Crippen LogP contribution in [0.5, 0.6) is 0 Å². The number of nitrogens with one attached hydrogen (secondary N) is 1. The molecule has 2 heterocycles. The van der Waals surface area contributed by atoms with Gasteiger partial charge in [-0.05, 0) is 29.7 Å². The average Bonchev–Trinajstić information content (AvgIpc) is 2.46. The summed E-state index contributed by atoms with van der Waals surface area (Å²) >= 11 is 0. The molecule has 1 aliphatic heterocycles. The minimum absolute atomic E-state index is 0. The molecule has 23 heavy (non-hydrogen) atoms. The van der Waals surface area contributed by atoms with Crippen molar-refractivity contribution < 1.29 is 47.3 Å². The summed E-state index contributed by atoms with van der Waals surface area (Å²) in [5.74, 6) is 0.809. The number of benzene rings is 1. The molecule has 1 aromatic carbocycles. The average molecular weight is 391 g/mol. The largest absolute Gasteiger partial charge is 0.698 e. The number of aliphatic hydroxyl groups is 1. The number of pyridine rings is 1. The second-order valence-electron chi connectivity index (χ2n) is 5.53. The second kappa shape index (κ2) is 9.04. The Morgan fingerprint density at radius 1 is 1.30 bits per heavy atom. The summed E-state index contributed by atoms with van der Waals surface area (Å²) < 4.78 is 10.2. The number of hydrogen-bond donors (Lipinski definition) is 1. The summed E-state index contributed by atoms with van der Waals surface area (Å²) in [5.41, 5.74) is 9.21. The molecule has 6 heteroatoms. The van der Waals surface area contributed by atoms with Gasteiger partial charge < -0.3 is 20.3 Å². The maximum absolute atomic E-state index is 8.88. The van der Waals surface area contributed by atoms with Crippen molar-refractivity contribution in [3.05, 3.63) is 47.8 Å². The van der Waals surface area contributed by atoms with Gasteiger partial charge in [0.05, 0.1) is 5.79 Å². The van der Waals surface area contributed by atoms with E-state index in [1.807, 2.05) is 32.9 Å². The van der Waals surface area contributed by atoms with Gasteiger partial charge >= 0.3 is 0 Å². The maximum Gasteiger partial charge on any atom is 0.147 e. The molecule has 0 saturated carbocycles. The zero-order valence-electron chi connectivity index (χ0n) is 13.8. The molecular weight excluding hydrogens is 369 g/mol. The minimum Gasteiger partial charge on any atom is -0.698 e. The van der Waals surface area contributed by atoms with Crippen LogP contribution >= 0.6 is 0 Å². The van der Waals surface area contributed by atoms with Crippen molar-refractivity contribution in [1.29, 1.82) is 0 Å². The molecule has 0 spiro atoms. The molecule has 0 amide bonds. The third-order valence-corrected chi connectivity index (χ3v) is 3.82. The molecule has 0 unspecified atom stereocenters. The van der Waals surface area contributed by atoms with Gasteiger partial charge in [-0.1, -0.05) is 18.2 Å². The summed E-state index contributed by atoms with van der Waals surface area (Å²) in [6.07, 6.45) is 4.02. The number of nitrogens with zero attached hydrogens (tertiary/aromatic N) is 1. The Labute approximate surface area is 162 Å². The van der Waals surface area contributed by atoms with Crippen LogP contribution in [-0.4, -0.2) is 29.3 Å². The molecule has 0 aliphatic carbocycles. The third kappa shape index (κ3) is 4.94. The zero-order chi connectivity index (χ0) is 16.2. The van der Waals surface area contributed by atoms with E-state index in [4.69, 9.17) is 20.3 Å². The summed E-state index contributed by atoms with van der Waals surface area (Å²) in [4.78, 5) is 4.08. The van der Waals surface area contributed by atoms with Crippen molar-refractivity contribution in [2.24, 2.45) is 0 Å². The van der Waals surface area contributed by atoms with E-state index in [0.29, 0.717) is 18.9 Å². The van der Waals surface area contributed by atoms with Gasteiger partial charge in [-0.2, -0.15) is 13.8 Å². The van der Waals surface area contributed by atoms with Gasteiger partial charge in [0.15, 0.2) is 0 Å². The standard InChI is InChI=1S/C11H11N2O.C6H11O2.Y/c12-10-3-1-2-8-6-13-7-9(4-5-14)11(8)10;1-5(2)6(3)7-4-8-6;/h1-3,6-7,12,14H,4-5H2;4H2,1-3H3;/q2*-1;. The van der Waals surface area contributed by atoms with Crippen molar-refractivity contribution in [3.63, 3.8) is 0 Å². The van der Waals surface area contributed by atoms with Crippen LogP contribution in [0.25, 0.3) is 16.5 Å². The maximum atomic E-state index is 8.88. The Bertz CT molecular complexity index is 625. The zero-order valence-corrected chi connectivity index (χ0v) is 16.6. The van der Waals surface area contributed by atoms with Crippen molar-refractivity contribution in [3.8, 4) is 0 Å². The van der Waals surface area contributed by atoms with E-state index in [1.54, 1.807) is 18.5 Å². The van der Waals surface area contributed by atoms with Gasteiger partial charge in [-0.15, -0.1) is 5.69 Å². The third-order valence-electron chi connectivity index (χ3n) is 3.82. The molecule has 5 nitrogen and oxygen atoms in total. The van der Waals surface area contributed by atoms with Crippen molar-refractivity contribution in [2.45, 2.75) is 33.0 Å². The Balaban J connectivity index is 0.000000253. The number of ether oxygens (including phenoxy) is 2. The first-order valence-electron chi connectivity index (χ1n) is 7.24. The minimum atomic E-state index is -0.361. The van der Waals surface area contributed by atoms with Crippen molar-refractivity contribution in [1.82, 2.24) is 4.98 Å². The number of aliphatic hydroxyl groups excluding tert-OH is 1. The van der Waals surface area contributed by atoms with Gasteiger partial charge in [-0.3, -0.25) is 10.9 Å². The molecule has 0 bridgehead atoms. The molecular formula is C17H22N2O3Y-2. The number of aromatic nitrogens is 1. The Morgan fingerprint density at radius 2 is 2.00 bits per heavy atom. The van der Waals surface area contributed by atoms with Crippen LogP contribution in [0.3, 0.4) is 0 Å². The summed E-state index contributed by atoms with van der Waals surface area (Å²) in [7, 11) is 0. The van der Waals surface area contributed by atoms with Gasteiger partial charge in [0, 0.05) is 51.7 Å². The summed E-state index contributed by atoms with van der Waals surface area (Å²) in [5, 5.41) is 10.7. The van der Waals surface area contributed by atoms with E-state index in [-0.39, 0.29) is 45.1 Å². The topological polar surface area (TPSA) is 75.4 Å². The van der Waals surface area contributed by atoms with Crippen molar-refractivity contribution >= 4 is 16.5 Å². The fraction of sp³-hybridized carbons (Fsp3) is 0.412. The fourth-order valence-corrected chi connectivity index (χ4v) is 2.14. The summed E-state index contributed by atoms with van der Waals surface area (Å²) in [6, 6.07) is 5.53. The SMILES string of the molecule is C[C-](C)C1(C)OCO1.[NH-]c1cccc2cncc(CCO)c12.[Y]. The number of rotatable bonds is 3. The predicted octanol–water partition coefficient (Wildman–Crippen LogP) is 3.77. The first-order chi connectivity index (χ1) is 10.5. The summed E-state index contributed by atoms with van der Waals surface area (Å²) in [6.45, 7) is 6.46.